The Balaban J connectivity index is 2.26. The number of hydrogen-bond donors (Lipinski definition) is 1. The van der Waals surface area contributed by atoms with E-state index in [2.05, 4.69) is 5.32 Å². The van der Waals surface area contributed by atoms with E-state index in [0.29, 0.717) is 5.69 Å². The van der Waals surface area contributed by atoms with Crippen LogP contribution in [-0.4, -0.2) is 12.7 Å². The fourth-order valence-electron chi connectivity index (χ4n) is 1.12. The first-order valence-corrected chi connectivity index (χ1v) is 4.53. The summed E-state index contributed by atoms with van der Waals surface area (Å²) in [7, 11) is 0. The molecule has 0 aromatic heterocycles. The van der Waals surface area contributed by atoms with Crippen LogP contribution in [0.15, 0.2) is 24.3 Å². The van der Waals surface area contributed by atoms with Gasteiger partial charge < -0.3 is 5.32 Å². The predicted molar refractivity (Wildman–Crippen MR) is 50.2 cm³/mol. The van der Waals surface area contributed by atoms with Gasteiger partial charge in [-0.05, 0) is 24.6 Å². The molecule has 0 radical (unpaired) electrons. The van der Waals surface area contributed by atoms with Crippen LogP contribution in [0.2, 0.25) is 0 Å². The minimum atomic E-state index is -4.12. The molecule has 0 spiro atoms. The zero-order valence-electron chi connectivity index (χ0n) is 7.94. The summed E-state index contributed by atoms with van der Waals surface area (Å²) in [5.74, 6) is -0.407. The van der Waals surface area contributed by atoms with Gasteiger partial charge in [0, 0.05) is 18.7 Å². The molecule has 1 rings (SSSR count). The van der Waals surface area contributed by atoms with Crippen molar-refractivity contribution in [1.29, 1.82) is 0 Å². The summed E-state index contributed by atoms with van der Waals surface area (Å²) in [5.41, 5.74) is 0.497. The van der Waals surface area contributed by atoms with Crippen LogP contribution in [-0.2, 0) is 0 Å². The lowest BCUT2D eigenvalue weighted by atomic mass is 10.2. The molecular formula is C10H11F4N. The number of benzene rings is 1. The minimum absolute atomic E-state index is 0.0139. The van der Waals surface area contributed by atoms with Crippen LogP contribution in [0.4, 0.5) is 23.2 Å². The Labute approximate surface area is 85.1 Å². The van der Waals surface area contributed by atoms with E-state index >= 15 is 0 Å². The number of halogens is 4. The van der Waals surface area contributed by atoms with Gasteiger partial charge in [-0.1, -0.05) is 6.07 Å². The van der Waals surface area contributed by atoms with Gasteiger partial charge in [0.1, 0.15) is 5.82 Å². The molecule has 1 aromatic rings. The Morgan fingerprint density at radius 3 is 2.53 bits per heavy atom. The summed E-state index contributed by atoms with van der Waals surface area (Å²) in [6.07, 6.45) is -4.96. The second-order valence-corrected chi connectivity index (χ2v) is 3.16. The molecule has 0 aliphatic heterocycles. The molecule has 5 heteroatoms. The molecule has 0 saturated carbocycles. The molecule has 0 heterocycles. The molecule has 0 unspecified atom stereocenters. The summed E-state index contributed by atoms with van der Waals surface area (Å²) in [6, 6.07) is 5.63. The number of anilines is 1. The van der Waals surface area contributed by atoms with Gasteiger partial charge in [-0.25, -0.2) is 4.39 Å². The Morgan fingerprint density at radius 1 is 1.20 bits per heavy atom. The van der Waals surface area contributed by atoms with Crippen molar-refractivity contribution in [2.45, 2.75) is 19.0 Å². The van der Waals surface area contributed by atoms with Crippen LogP contribution in [0.25, 0.3) is 0 Å². The van der Waals surface area contributed by atoms with E-state index in [4.69, 9.17) is 0 Å². The number of rotatable bonds is 4. The highest BCUT2D eigenvalue weighted by Gasteiger charge is 2.25. The Morgan fingerprint density at radius 2 is 1.93 bits per heavy atom. The van der Waals surface area contributed by atoms with Crippen molar-refractivity contribution < 1.29 is 17.6 Å². The van der Waals surface area contributed by atoms with Gasteiger partial charge in [0.25, 0.3) is 0 Å². The molecule has 0 aliphatic carbocycles. The fourth-order valence-corrected chi connectivity index (χ4v) is 1.12. The second-order valence-electron chi connectivity index (χ2n) is 3.16. The van der Waals surface area contributed by atoms with E-state index in [0.717, 1.165) is 0 Å². The lowest BCUT2D eigenvalue weighted by Gasteiger charge is -2.08. The molecule has 0 aliphatic rings. The third kappa shape index (κ3) is 5.24. The topological polar surface area (TPSA) is 12.0 Å². The van der Waals surface area contributed by atoms with Crippen LogP contribution in [0.5, 0.6) is 0 Å². The van der Waals surface area contributed by atoms with Crippen molar-refractivity contribution in [2.24, 2.45) is 0 Å². The van der Waals surface area contributed by atoms with Crippen molar-refractivity contribution in [3.63, 3.8) is 0 Å². The normalized spacial score (nSPS) is 11.5. The number of alkyl halides is 3. The Kier molecular flexibility index (Phi) is 3.94. The van der Waals surface area contributed by atoms with E-state index in [1.165, 1.54) is 18.2 Å². The SMILES string of the molecule is Fc1cccc(NCCCC(F)(F)F)c1. The lowest BCUT2D eigenvalue weighted by molar-refractivity contribution is -0.134. The number of hydrogen-bond acceptors (Lipinski definition) is 1. The average molecular weight is 221 g/mol. The van der Waals surface area contributed by atoms with Crippen molar-refractivity contribution in [3.8, 4) is 0 Å². The highest BCUT2D eigenvalue weighted by Crippen LogP contribution is 2.21. The van der Waals surface area contributed by atoms with Crippen molar-refractivity contribution in [3.05, 3.63) is 30.1 Å². The molecule has 1 aromatic carbocycles. The summed E-state index contributed by atoms with van der Waals surface area (Å²) < 4.78 is 47.9. The van der Waals surface area contributed by atoms with Gasteiger partial charge in [-0.2, -0.15) is 13.2 Å². The van der Waals surface area contributed by atoms with Gasteiger partial charge in [0.15, 0.2) is 0 Å². The second kappa shape index (κ2) is 5.00. The van der Waals surface area contributed by atoms with Gasteiger partial charge in [0.05, 0.1) is 0 Å². The molecule has 15 heavy (non-hydrogen) atoms. The van der Waals surface area contributed by atoms with E-state index in [1.807, 2.05) is 0 Å². The summed E-state index contributed by atoms with van der Waals surface area (Å²) in [5, 5.41) is 2.72. The molecule has 0 bridgehead atoms. The zero-order valence-corrected chi connectivity index (χ0v) is 7.94. The third-order valence-corrected chi connectivity index (χ3v) is 1.79. The summed E-state index contributed by atoms with van der Waals surface area (Å²) >= 11 is 0. The molecule has 0 atom stereocenters. The lowest BCUT2D eigenvalue weighted by Crippen LogP contribution is -2.10. The first-order chi connectivity index (χ1) is 6.97. The van der Waals surface area contributed by atoms with Gasteiger partial charge in [0.2, 0.25) is 0 Å². The summed E-state index contributed by atoms with van der Waals surface area (Å²) in [4.78, 5) is 0. The van der Waals surface area contributed by atoms with Gasteiger partial charge >= 0.3 is 6.18 Å². The standard InChI is InChI=1S/C10H11F4N/c11-8-3-1-4-9(7-8)15-6-2-5-10(12,13)14/h1,3-4,7,15H,2,5-6H2. The monoisotopic (exact) mass is 221 g/mol. The fraction of sp³-hybridized carbons (Fsp3) is 0.400. The Hall–Kier alpha value is -1.26. The molecule has 0 amide bonds. The van der Waals surface area contributed by atoms with Crippen molar-refractivity contribution in [2.75, 3.05) is 11.9 Å². The first-order valence-electron chi connectivity index (χ1n) is 4.53. The van der Waals surface area contributed by atoms with Gasteiger partial charge in [-0.3, -0.25) is 0 Å². The Bertz CT molecular complexity index is 309. The molecular weight excluding hydrogens is 210 g/mol. The van der Waals surface area contributed by atoms with Crippen molar-refractivity contribution in [1.82, 2.24) is 0 Å². The maximum Gasteiger partial charge on any atom is 0.389 e. The van der Waals surface area contributed by atoms with Crippen LogP contribution in [0, 0.1) is 5.82 Å². The summed E-state index contributed by atoms with van der Waals surface area (Å²) in [6.45, 7) is 0.183. The minimum Gasteiger partial charge on any atom is -0.385 e. The first kappa shape index (κ1) is 11.8. The highest BCUT2D eigenvalue weighted by atomic mass is 19.4. The smallest absolute Gasteiger partial charge is 0.385 e. The molecule has 0 saturated heterocycles. The van der Waals surface area contributed by atoms with E-state index < -0.39 is 18.4 Å². The zero-order chi connectivity index (χ0) is 11.3. The third-order valence-electron chi connectivity index (χ3n) is 1.79. The predicted octanol–water partition coefficient (Wildman–Crippen LogP) is 3.58. The van der Waals surface area contributed by atoms with Crippen LogP contribution in [0.1, 0.15) is 12.8 Å². The van der Waals surface area contributed by atoms with Crippen LogP contribution in [0.3, 0.4) is 0 Å². The average Bonchev–Trinajstić information content (AvgIpc) is 2.11. The van der Waals surface area contributed by atoms with E-state index in [9.17, 15) is 17.6 Å². The maximum atomic E-state index is 12.6. The quantitative estimate of drug-likeness (QED) is 0.605. The van der Waals surface area contributed by atoms with E-state index in [-0.39, 0.29) is 13.0 Å². The van der Waals surface area contributed by atoms with E-state index in [1.54, 1.807) is 6.07 Å². The van der Waals surface area contributed by atoms with Crippen LogP contribution < -0.4 is 5.32 Å². The molecule has 0 fully saturated rings. The highest BCUT2D eigenvalue weighted by molar-refractivity contribution is 5.42. The number of nitrogens with one attached hydrogen (secondary N) is 1. The maximum absolute atomic E-state index is 12.6. The van der Waals surface area contributed by atoms with Crippen molar-refractivity contribution >= 4 is 5.69 Å². The van der Waals surface area contributed by atoms with Gasteiger partial charge in [-0.15, -0.1) is 0 Å². The molecule has 1 N–H and O–H groups in total. The molecule has 1 nitrogen and oxygen atoms in total. The molecule has 84 valence electrons. The largest absolute Gasteiger partial charge is 0.389 e. The van der Waals surface area contributed by atoms with Crippen LogP contribution >= 0.6 is 0 Å².